The van der Waals surface area contributed by atoms with Crippen molar-refractivity contribution >= 4 is 33.3 Å². The Labute approximate surface area is 114 Å². The van der Waals surface area contributed by atoms with E-state index in [0.717, 1.165) is 16.0 Å². The summed E-state index contributed by atoms with van der Waals surface area (Å²) in [7, 11) is 1.81. The second-order valence-electron chi connectivity index (χ2n) is 3.58. The molecule has 4 nitrogen and oxygen atoms in total. The van der Waals surface area contributed by atoms with Gasteiger partial charge in [-0.05, 0) is 30.3 Å². The number of benzene rings is 1. The summed E-state index contributed by atoms with van der Waals surface area (Å²) in [4.78, 5) is 4.34. The van der Waals surface area contributed by atoms with Crippen molar-refractivity contribution in [3.05, 3.63) is 46.4 Å². The SMILES string of the molecule is CNc1cccc(Nc2ccc(Br)cc2C#N)n1. The Bertz CT molecular complexity index is 604. The number of nitrogens with zero attached hydrogens (tertiary/aromatic N) is 2. The summed E-state index contributed by atoms with van der Waals surface area (Å²) < 4.78 is 0.876. The number of nitrogens with one attached hydrogen (secondary N) is 2. The summed E-state index contributed by atoms with van der Waals surface area (Å²) in [5, 5.41) is 15.2. The van der Waals surface area contributed by atoms with Crippen LogP contribution in [0.5, 0.6) is 0 Å². The Morgan fingerprint density at radius 3 is 2.72 bits per heavy atom. The van der Waals surface area contributed by atoms with Crippen LogP contribution in [0.15, 0.2) is 40.9 Å². The van der Waals surface area contributed by atoms with Crippen LogP contribution >= 0.6 is 15.9 Å². The lowest BCUT2D eigenvalue weighted by Gasteiger charge is -2.09. The average molecular weight is 303 g/mol. The molecule has 0 aliphatic rings. The van der Waals surface area contributed by atoms with Gasteiger partial charge in [-0.2, -0.15) is 5.26 Å². The molecule has 0 saturated heterocycles. The predicted molar refractivity (Wildman–Crippen MR) is 75.9 cm³/mol. The van der Waals surface area contributed by atoms with Gasteiger partial charge in [0.15, 0.2) is 0 Å². The van der Waals surface area contributed by atoms with Crippen LogP contribution in [0.1, 0.15) is 5.56 Å². The van der Waals surface area contributed by atoms with Crippen molar-refractivity contribution in [1.29, 1.82) is 5.26 Å². The monoisotopic (exact) mass is 302 g/mol. The van der Waals surface area contributed by atoms with Gasteiger partial charge in [0, 0.05) is 11.5 Å². The van der Waals surface area contributed by atoms with Gasteiger partial charge in [0.1, 0.15) is 17.7 Å². The predicted octanol–water partition coefficient (Wildman–Crippen LogP) is 3.50. The molecule has 0 radical (unpaired) electrons. The Morgan fingerprint density at radius 2 is 2.00 bits per heavy atom. The minimum absolute atomic E-state index is 0.570. The number of nitriles is 1. The summed E-state index contributed by atoms with van der Waals surface area (Å²) in [6.07, 6.45) is 0. The van der Waals surface area contributed by atoms with E-state index in [1.54, 1.807) is 6.07 Å². The summed E-state index contributed by atoms with van der Waals surface area (Å²) >= 11 is 3.34. The van der Waals surface area contributed by atoms with E-state index in [1.807, 2.05) is 37.4 Å². The molecule has 0 amide bonds. The number of pyridine rings is 1. The smallest absolute Gasteiger partial charge is 0.132 e. The van der Waals surface area contributed by atoms with Gasteiger partial charge in [-0.3, -0.25) is 0 Å². The molecule has 0 fully saturated rings. The molecule has 18 heavy (non-hydrogen) atoms. The second-order valence-corrected chi connectivity index (χ2v) is 4.50. The molecule has 0 unspecified atom stereocenters. The molecule has 1 aromatic heterocycles. The van der Waals surface area contributed by atoms with E-state index in [9.17, 15) is 0 Å². The van der Waals surface area contributed by atoms with Gasteiger partial charge in [0.25, 0.3) is 0 Å². The van der Waals surface area contributed by atoms with Crippen LogP contribution in [0.25, 0.3) is 0 Å². The van der Waals surface area contributed by atoms with Crippen LogP contribution in [0.2, 0.25) is 0 Å². The molecule has 0 bridgehead atoms. The molecule has 0 saturated carbocycles. The van der Waals surface area contributed by atoms with E-state index >= 15 is 0 Å². The van der Waals surface area contributed by atoms with Gasteiger partial charge < -0.3 is 10.6 Å². The van der Waals surface area contributed by atoms with Crippen LogP contribution in [0.4, 0.5) is 17.3 Å². The van der Waals surface area contributed by atoms with Gasteiger partial charge in [0.2, 0.25) is 0 Å². The van der Waals surface area contributed by atoms with Crippen LogP contribution in [0, 0.1) is 11.3 Å². The molecule has 0 spiro atoms. The fraction of sp³-hybridized carbons (Fsp3) is 0.0769. The second kappa shape index (κ2) is 5.52. The molecule has 1 heterocycles. The van der Waals surface area contributed by atoms with E-state index < -0.39 is 0 Å². The van der Waals surface area contributed by atoms with E-state index in [-0.39, 0.29) is 0 Å². The lowest BCUT2D eigenvalue weighted by Crippen LogP contribution is -1.98. The molecule has 2 rings (SSSR count). The Balaban J connectivity index is 2.31. The highest BCUT2D eigenvalue weighted by Crippen LogP contribution is 2.23. The molecule has 0 aliphatic carbocycles. The van der Waals surface area contributed by atoms with Crippen molar-refractivity contribution in [3.63, 3.8) is 0 Å². The zero-order chi connectivity index (χ0) is 13.0. The Kier molecular flexibility index (Phi) is 3.80. The maximum atomic E-state index is 9.08. The molecular formula is C13H11BrN4. The van der Waals surface area contributed by atoms with Crippen LogP contribution in [-0.4, -0.2) is 12.0 Å². The molecule has 2 N–H and O–H groups in total. The number of rotatable bonds is 3. The Hall–Kier alpha value is -2.06. The standard InChI is InChI=1S/C13H11BrN4/c1-16-12-3-2-4-13(18-12)17-11-6-5-10(14)7-9(11)8-15/h2-7H,1H3,(H2,16,17,18). The first-order chi connectivity index (χ1) is 8.72. The summed E-state index contributed by atoms with van der Waals surface area (Å²) in [5.74, 6) is 1.47. The number of halogens is 1. The highest BCUT2D eigenvalue weighted by atomic mass is 79.9. The lowest BCUT2D eigenvalue weighted by atomic mass is 10.2. The molecular weight excluding hydrogens is 292 g/mol. The lowest BCUT2D eigenvalue weighted by molar-refractivity contribution is 1.27. The highest BCUT2D eigenvalue weighted by molar-refractivity contribution is 9.10. The van der Waals surface area contributed by atoms with Crippen LogP contribution in [0.3, 0.4) is 0 Å². The van der Waals surface area contributed by atoms with Crippen molar-refractivity contribution in [2.75, 3.05) is 17.7 Å². The van der Waals surface area contributed by atoms with E-state index in [2.05, 4.69) is 37.6 Å². The van der Waals surface area contributed by atoms with E-state index in [4.69, 9.17) is 5.26 Å². The zero-order valence-electron chi connectivity index (χ0n) is 9.74. The van der Waals surface area contributed by atoms with Gasteiger partial charge in [-0.1, -0.05) is 22.0 Å². The summed E-state index contributed by atoms with van der Waals surface area (Å²) in [5.41, 5.74) is 1.31. The first-order valence-electron chi connectivity index (χ1n) is 5.34. The van der Waals surface area contributed by atoms with Crippen LogP contribution in [-0.2, 0) is 0 Å². The summed E-state index contributed by atoms with van der Waals surface area (Å²) in [6, 6.07) is 13.3. The molecule has 0 atom stereocenters. The molecule has 1 aromatic carbocycles. The normalized spacial score (nSPS) is 9.61. The topological polar surface area (TPSA) is 60.7 Å². The third-order valence-corrected chi connectivity index (χ3v) is 2.86. The maximum Gasteiger partial charge on any atom is 0.132 e. The van der Waals surface area contributed by atoms with Gasteiger partial charge in [-0.15, -0.1) is 0 Å². The van der Waals surface area contributed by atoms with Crippen molar-refractivity contribution in [1.82, 2.24) is 4.98 Å². The number of hydrogen-bond acceptors (Lipinski definition) is 4. The minimum Gasteiger partial charge on any atom is -0.373 e. The third-order valence-electron chi connectivity index (χ3n) is 2.37. The molecule has 90 valence electrons. The fourth-order valence-electron chi connectivity index (χ4n) is 1.50. The first-order valence-corrected chi connectivity index (χ1v) is 6.13. The number of aromatic nitrogens is 1. The zero-order valence-corrected chi connectivity index (χ0v) is 11.3. The van der Waals surface area contributed by atoms with E-state index in [0.29, 0.717) is 11.4 Å². The molecule has 5 heteroatoms. The van der Waals surface area contributed by atoms with Crippen molar-refractivity contribution in [2.45, 2.75) is 0 Å². The largest absolute Gasteiger partial charge is 0.373 e. The van der Waals surface area contributed by atoms with Crippen molar-refractivity contribution in [2.24, 2.45) is 0 Å². The first kappa shape index (κ1) is 12.4. The van der Waals surface area contributed by atoms with Gasteiger partial charge in [-0.25, -0.2) is 4.98 Å². The van der Waals surface area contributed by atoms with E-state index in [1.165, 1.54) is 0 Å². The average Bonchev–Trinajstić information content (AvgIpc) is 2.41. The fourth-order valence-corrected chi connectivity index (χ4v) is 1.86. The Morgan fingerprint density at radius 1 is 1.22 bits per heavy atom. The number of anilines is 3. The quantitative estimate of drug-likeness (QED) is 0.911. The van der Waals surface area contributed by atoms with Crippen molar-refractivity contribution < 1.29 is 0 Å². The molecule has 2 aromatic rings. The van der Waals surface area contributed by atoms with Gasteiger partial charge in [0.05, 0.1) is 11.3 Å². The molecule has 0 aliphatic heterocycles. The van der Waals surface area contributed by atoms with Crippen LogP contribution < -0.4 is 10.6 Å². The minimum atomic E-state index is 0.570. The third kappa shape index (κ3) is 2.79. The van der Waals surface area contributed by atoms with Gasteiger partial charge >= 0.3 is 0 Å². The highest BCUT2D eigenvalue weighted by Gasteiger charge is 2.04. The van der Waals surface area contributed by atoms with Crippen molar-refractivity contribution in [3.8, 4) is 6.07 Å². The number of hydrogen-bond donors (Lipinski definition) is 2. The summed E-state index contributed by atoms with van der Waals surface area (Å²) in [6.45, 7) is 0. The maximum absolute atomic E-state index is 9.08.